The summed E-state index contributed by atoms with van der Waals surface area (Å²) >= 11 is 5.94. The molecule has 0 saturated carbocycles. The van der Waals surface area contributed by atoms with E-state index in [0.717, 1.165) is 23.6 Å². The summed E-state index contributed by atoms with van der Waals surface area (Å²) in [7, 11) is 0. The Morgan fingerprint density at radius 1 is 1.24 bits per heavy atom. The van der Waals surface area contributed by atoms with Crippen molar-refractivity contribution in [3.63, 3.8) is 0 Å². The third-order valence-electron chi connectivity index (χ3n) is 3.34. The lowest BCUT2D eigenvalue weighted by atomic mass is 10.0. The Kier molecular flexibility index (Phi) is 5.23. The predicted octanol–water partition coefficient (Wildman–Crippen LogP) is 4.39. The summed E-state index contributed by atoms with van der Waals surface area (Å²) in [6, 6.07) is 15.3. The van der Waals surface area contributed by atoms with Crippen molar-refractivity contribution in [1.82, 2.24) is 0 Å². The van der Waals surface area contributed by atoms with Gasteiger partial charge in [0.05, 0.1) is 6.04 Å². The third kappa shape index (κ3) is 4.23. The maximum atomic E-state index is 11.3. The number of carbonyl (C=O) groups is 1. The van der Waals surface area contributed by atoms with Crippen LogP contribution in [0.3, 0.4) is 0 Å². The number of nitrogens with two attached hydrogens (primary N) is 1. The molecule has 0 radical (unpaired) electrons. The molecule has 0 spiro atoms. The number of hydrogen-bond acceptors (Lipinski definition) is 2. The minimum absolute atomic E-state index is 0.176. The van der Waals surface area contributed by atoms with Crippen molar-refractivity contribution in [2.75, 3.05) is 5.32 Å². The van der Waals surface area contributed by atoms with Gasteiger partial charge < -0.3 is 11.1 Å². The molecule has 2 aromatic carbocycles. The number of hydrogen-bond donors (Lipinski definition) is 2. The van der Waals surface area contributed by atoms with Gasteiger partial charge in [-0.15, -0.1) is 0 Å². The summed E-state index contributed by atoms with van der Waals surface area (Å²) in [5.41, 5.74) is 7.88. The Hall–Kier alpha value is -2.00. The van der Waals surface area contributed by atoms with Crippen LogP contribution < -0.4 is 11.1 Å². The summed E-state index contributed by atoms with van der Waals surface area (Å²) < 4.78 is 0. The Balaban J connectivity index is 2.21. The lowest BCUT2D eigenvalue weighted by molar-refractivity contribution is 0.100. The van der Waals surface area contributed by atoms with Gasteiger partial charge in [-0.3, -0.25) is 4.79 Å². The van der Waals surface area contributed by atoms with Crippen LogP contribution in [0.4, 0.5) is 5.69 Å². The topological polar surface area (TPSA) is 55.1 Å². The van der Waals surface area contributed by atoms with Gasteiger partial charge in [0.2, 0.25) is 5.91 Å². The molecule has 0 aromatic heterocycles. The predicted molar refractivity (Wildman–Crippen MR) is 87.7 cm³/mol. The van der Waals surface area contributed by atoms with Gasteiger partial charge in [-0.05, 0) is 42.3 Å². The monoisotopic (exact) mass is 302 g/mol. The largest absolute Gasteiger partial charge is 0.378 e. The highest BCUT2D eigenvalue weighted by atomic mass is 35.5. The van der Waals surface area contributed by atoms with Crippen LogP contribution in [0.5, 0.6) is 0 Å². The summed E-state index contributed by atoms with van der Waals surface area (Å²) in [5, 5.41) is 4.19. The van der Waals surface area contributed by atoms with Gasteiger partial charge in [0.15, 0.2) is 0 Å². The first-order valence-corrected chi connectivity index (χ1v) is 7.40. The van der Waals surface area contributed by atoms with Crippen LogP contribution in [0.2, 0.25) is 5.02 Å². The minimum atomic E-state index is -0.419. The average Bonchev–Trinajstić information content (AvgIpc) is 2.48. The van der Waals surface area contributed by atoms with E-state index < -0.39 is 5.91 Å². The molecular weight excluding hydrogens is 284 g/mol. The first-order valence-electron chi connectivity index (χ1n) is 7.02. The van der Waals surface area contributed by atoms with Crippen molar-refractivity contribution in [2.45, 2.75) is 25.8 Å². The molecule has 2 aromatic rings. The summed E-state index contributed by atoms with van der Waals surface area (Å²) in [6.07, 6.45) is 2.04. The van der Waals surface area contributed by atoms with Gasteiger partial charge in [-0.1, -0.05) is 43.1 Å². The maximum absolute atomic E-state index is 11.3. The highest BCUT2D eigenvalue weighted by molar-refractivity contribution is 6.30. The number of anilines is 1. The molecule has 0 fully saturated rings. The SMILES string of the molecule is CCCC(Nc1cccc(C(N)=O)c1)c1ccc(Cl)cc1. The fourth-order valence-corrected chi connectivity index (χ4v) is 2.40. The van der Waals surface area contributed by atoms with Crippen LogP contribution in [0.15, 0.2) is 48.5 Å². The van der Waals surface area contributed by atoms with Crippen LogP contribution in [0, 0.1) is 0 Å². The molecule has 1 unspecified atom stereocenters. The molecule has 0 aliphatic heterocycles. The van der Waals surface area contributed by atoms with Crippen molar-refractivity contribution in [3.05, 3.63) is 64.7 Å². The Morgan fingerprint density at radius 2 is 1.95 bits per heavy atom. The standard InChI is InChI=1S/C17H19ClN2O/c1-2-4-16(12-7-9-14(18)10-8-12)20-15-6-3-5-13(11-15)17(19)21/h3,5-11,16,20H,2,4H2,1H3,(H2,19,21). The molecule has 4 heteroatoms. The number of carbonyl (C=O) groups excluding carboxylic acids is 1. The van der Waals surface area contributed by atoms with Crippen molar-refractivity contribution >= 4 is 23.2 Å². The van der Waals surface area contributed by atoms with E-state index in [1.165, 1.54) is 5.56 Å². The van der Waals surface area contributed by atoms with E-state index in [1.807, 2.05) is 36.4 Å². The molecule has 2 rings (SSSR count). The molecule has 110 valence electrons. The van der Waals surface area contributed by atoms with Crippen molar-refractivity contribution in [2.24, 2.45) is 5.73 Å². The molecule has 0 saturated heterocycles. The Morgan fingerprint density at radius 3 is 2.57 bits per heavy atom. The van der Waals surface area contributed by atoms with E-state index in [2.05, 4.69) is 12.2 Å². The molecular formula is C17H19ClN2O. The number of benzene rings is 2. The zero-order chi connectivity index (χ0) is 15.2. The first kappa shape index (κ1) is 15.4. The zero-order valence-corrected chi connectivity index (χ0v) is 12.7. The Labute approximate surface area is 130 Å². The van der Waals surface area contributed by atoms with Gasteiger partial charge in [0.25, 0.3) is 0 Å². The average molecular weight is 303 g/mol. The van der Waals surface area contributed by atoms with Gasteiger partial charge in [0, 0.05) is 16.3 Å². The number of amides is 1. The first-order chi connectivity index (χ1) is 10.1. The van der Waals surface area contributed by atoms with Crippen LogP contribution in [0.1, 0.15) is 41.7 Å². The molecule has 0 heterocycles. The molecule has 1 amide bonds. The number of rotatable bonds is 6. The van der Waals surface area contributed by atoms with Gasteiger partial charge in [0.1, 0.15) is 0 Å². The molecule has 3 N–H and O–H groups in total. The summed E-state index contributed by atoms with van der Waals surface area (Å²) in [4.78, 5) is 11.3. The zero-order valence-electron chi connectivity index (χ0n) is 12.0. The van der Waals surface area contributed by atoms with E-state index >= 15 is 0 Å². The molecule has 3 nitrogen and oxygen atoms in total. The van der Waals surface area contributed by atoms with E-state index in [-0.39, 0.29) is 6.04 Å². The lowest BCUT2D eigenvalue weighted by Crippen LogP contribution is -2.13. The summed E-state index contributed by atoms with van der Waals surface area (Å²) in [5.74, 6) is -0.419. The van der Waals surface area contributed by atoms with Crippen LogP contribution in [0.25, 0.3) is 0 Å². The third-order valence-corrected chi connectivity index (χ3v) is 3.59. The second-order valence-corrected chi connectivity index (χ2v) is 5.42. The quantitative estimate of drug-likeness (QED) is 0.831. The second-order valence-electron chi connectivity index (χ2n) is 4.98. The lowest BCUT2D eigenvalue weighted by Gasteiger charge is -2.20. The van der Waals surface area contributed by atoms with E-state index in [1.54, 1.807) is 12.1 Å². The van der Waals surface area contributed by atoms with Gasteiger partial charge in [-0.25, -0.2) is 0 Å². The molecule has 1 atom stereocenters. The normalized spacial score (nSPS) is 11.9. The van der Waals surface area contributed by atoms with E-state index in [4.69, 9.17) is 17.3 Å². The van der Waals surface area contributed by atoms with Crippen molar-refractivity contribution < 1.29 is 4.79 Å². The number of nitrogens with one attached hydrogen (secondary N) is 1. The minimum Gasteiger partial charge on any atom is -0.378 e. The fourth-order valence-electron chi connectivity index (χ4n) is 2.27. The van der Waals surface area contributed by atoms with Crippen LogP contribution in [-0.2, 0) is 0 Å². The smallest absolute Gasteiger partial charge is 0.248 e. The maximum Gasteiger partial charge on any atom is 0.248 e. The van der Waals surface area contributed by atoms with E-state index in [0.29, 0.717) is 5.56 Å². The number of primary amides is 1. The summed E-state index contributed by atoms with van der Waals surface area (Å²) in [6.45, 7) is 2.14. The highest BCUT2D eigenvalue weighted by Crippen LogP contribution is 2.25. The van der Waals surface area contributed by atoms with Gasteiger partial charge in [-0.2, -0.15) is 0 Å². The number of halogens is 1. The molecule has 0 aliphatic rings. The molecule has 0 aliphatic carbocycles. The van der Waals surface area contributed by atoms with E-state index in [9.17, 15) is 4.79 Å². The fraction of sp³-hybridized carbons (Fsp3) is 0.235. The molecule has 21 heavy (non-hydrogen) atoms. The van der Waals surface area contributed by atoms with Crippen LogP contribution >= 0.6 is 11.6 Å². The highest BCUT2D eigenvalue weighted by Gasteiger charge is 2.11. The van der Waals surface area contributed by atoms with Crippen LogP contribution in [-0.4, -0.2) is 5.91 Å². The van der Waals surface area contributed by atoms with Crippen molar-refractivity contribution in [1.29, 1.82) is 0 Å². The Bertz CT molecular complexity index is 610. The second kappa shape index (κ2) is 7.14. The van der Waals surface area contributed by atoms with Crippen molar-refractivity contribution in [3.8, 4) is 0 Å². The molecule has 0 bridgehead atoms. The van der Waals surface area contributed by atoms with Gasteiger partial charge >= 0.3 is 0 Å².